The zero-order valence-electron chi connectivity index (χ0n) is 9.20. The Labute approximate surface area is 94.0 Å². The minimum absolute atomic E-state index is 0.660. The minimum Gasteiger partial charge on any atom is -0.383 e. The first-order chi connectivity index (χ1) is 7.30. The van der Waals surface area contributed by atoms with Gasteiger partial charge < -0.3 is 15.4 Å². The summed E-state index contributed by atoms with van der Waals surface area (Å²) >= 11 is 1.52. The molecule has 0 aliphatic rings. The van der Waals surface area contributed by atoms with Crippen molar-refractivity contribution in [2.24, 2.45) is 0 Å². The fourth-order valence-electron chi connectivity index (χ4n) is 1.02. The predicted molar refractivity (Wildman–Crippen MR) is 63.7 cm³/mol. The lowest BCUT2D eigenvalue weighted by Gasteiger charge is -2.08. The van der Waals surface area contributed by atoms with E-state index in [2.05, 4.69) is 20.6 Å². The Morgan fingerprint density at radius 3 is 2.73 bits per heavy atom. The molecule has 1 rings (SSSR count). The molecule has 0 spiro atoms. The van der Waals surface area contributed by atoms with E-state index in [1.165, 1.54) is 11.8 Å². The van der Waals surface area contributed by atoms with Crippen molar-refractivity contribution in [2.45, 2.75) is 5.16 Å². The fraction of sp³-hybridized carbons (Fsp3) is 0.556. The van der Waals surface area contributed by atoms with Crippen molar-refractivity contribution in [3.05, 3.63) is 6.07 Å². The van der Waals surface area contributed by atoms with Gasteiger partial charge in [0.15, 0.2) is 5.16 Å². The molecule has 0 saturated carbocycles. The third kappa shape index (κ3) is 3.93. The summed E-state index contributed by atoms with van der Waals surface area (Å²) in [6.45, 7) is 1.40. The van der Waals surface area contributed by atoms with Crippen LogP contribution in [0.3, 0.4) is 0 Å². The first-order valence-electron chi connectivity index (χ1n) is 4.63. The summed E-state index contributed by atoms with van der Waals surface area (Å²) in [5, 5.41) is 6.91. The Hall–Kier alpha value is -1.01. The van der Waals surface area contributed by atoms with Crippen LogP contribution in [0, 0.1) is 0 Å². The molecule has 1 aromatic heterocycles. The highest BCUT2D eigenvalue weighted by Gasteiger charge is 2.01. The monoisotopic (exact) mass is 228 g/mol. The minimum atomic E-state index is 0.660. The third-order valence-electron chi connectivity index (χ3n) is 1.76. The number of thioether (sulfide) groups is 1. The Bertz CT molecular complexity index is 286. The highest BCUT2D eigenvalue weighted by Crippen LogP contribution is 2.16. The summed E-state index contributed by atoms with van der Waals surface area (Å²) in [7, 11) is 3.51. The van der Waals surface area contributed by atoms with Crippen molar-refractivity contribution >= 4 is 23.4 Å². The van der Waals surface area contributed by atoms with Gasteiger partial charge in [-0.1, -0.05) is 11.8 Å². The van der Waals surface area contributed by atoms with Gasteiger partial charge in [-0.3, -0.25) is 0 Å². The van der Waals surface area contributed by atoms with Crippen LogP contribution in [-0.2, 0) is 4.74 Å². The third-order valence-corrected chi connectivity index (χ3v) is 2.30. The van der Waals surface area contributed by atoms with Crippen LogP contribution in [0.2, 0.25) is 0 Å². The molecule has 0 saturated heterocycles. The molecule has 1 aromatic rings. The van der Waals surface area contributed by atoms with Crippen molar-refractivity contribution in [3.8, 4) is 0 Å². The zero-order valence-corrected chi connectivity index (χ0v) is 10.0. The van der Waals surface area contributed by atoms with Gasteiger partial charge in [0.2, 0.25) is 0 Å². The first kappa shape index (κ1) is 12.1. The average Bonchev–Trinajstić information content (AvgIpc) is 2.29. The highest BCUT2D eigenvalue weighted by atomic mass is 32.2. The Balaban J connectivity index is 2.68. The summed E-state index contributed by atoms with van der Waals surface area (Å²) in [6.07, 6.45) is 1.95. The smallest absolute Gasteiger partial charge is 0.191 e. The van der Waals surface area contributed by atoms with Crippen molar-refractivity contribution in [1.29, 1.82) is 0 Å². The normalized spacial score (nSPS) is 10.1. The van der Waals surface area contributed by atoms with E-state index in [9.17, 15) is 0 Å². The molecule has 1 heterocycles. The molecule has 0 fully saturated rings. The van der Waals surface area contributed by atoms with Gasteiger partial charge in [-0.2, -0.15) is 0 Å². The molecule has 0 atom stereocenters. The van der Waals surface area contributed by atoms with E-state index in [1.54, 1.807) is 7.11 Å². The van der Waals surface area contributed by atoms with Gasteiger partial charge in [-0.05, 0) is 6.26 Å². The maximum Gasteiger partial charge on any atom is 0.191 e. The van der Waals surface area contributed by atoms with Crippen LogP contribution >= 0.6 is 11.8 Å². The lowest BCUT2D eigenvalue weighted by atomic mass is 10.5. The Morgan fingerprint density at radius 1 is 1.40 bits per heavy atom. The molecule has 0 bridgehead atoms. The van der Waals surface area contributed by atoms with Crippen molar-refractivity contribution < 1.29 is 4.74 Å². The number of ether oxygens (including phenoxy) is 1. The summed E-state index contributed by atoms with van der Waals surface area (Å²) < 4.78 is 4.95. The topological polar surface area (TPSA) is 59.1 Å². The molecular weight excluding hydrogens is 212 g/mol. The number of anilines is 2. The van der Waals surface area contributed by atoms with E-state index in [1.807, 2.05) is 19.4 Å². The van der Waals surface area contributed by atoms with Crippen LogP contribution in [0.4, 0.5) is 11.6 Å². The molecule has 0 radical (unpaired) electrons. The number of nitrogens with one attached hydrogen (secondary N) is 2. The number of nitrogens with zero attached hydrogens (tertiary/aromatic N) is 2. The standard InChI is InChI=1S/C9H16N4OS/c1-10-7-6-8(11-4-5-14-2)13-9(12-7)15-3/h6H,4-5H2,1-3H3,(H2,10,11,12,13). The fourth-order valence-corrected chi connectivity index (χ4v) is 1.40. The van der Waals surface area contributed by atoms with Crippen LogP contribution in [0.5, 0.6) is 0 Å². The second-order valence-corrected chi connectivity index (χ2v) is 3.57. The highest BCUT2D eigenvalue weighted by molar-refractivity contribution is 7.98. The molecule has 0 aliphatic carbocycles. The van der Waals surface area contributed by atoms with E-state index < -0.39 is 0 Å². The average molecular weight is 228 g/mol. The predicted octanol–water partition coefficient (Wildman–Crippen LogP) is 1.30. The molecule has 84 valence electrons. The van der Waals surface area contributed by atoms with Crippen LogP contribution in [0.1, 0.15) is 0 Å². The van der Waals surface area contributed by atoms with Gasteiger partial charge in [-0.15, -0.1) is 0 Å². The van der Waals surface area contributed by atoms with Gasteiger partial charge in [0, 0.05) is 26.8 Å². The van der Waals surface area contributed by atoms with Gasteiger partial charge in [0.05, 0.1) is 6.61 Å². The van der Waals surface area contributed by atoms with Gasteiger partial charge in [0.25, 0.3) is 0 Å². The van der Waals surface area contributed by atoms with Crippen molar-refractivity contribution in [1.82, 2.24) is 9.97 Å². The second kappa shape index (κ2) is 6.47. The van der Waals surface area contributed by atoms with Crippen LogP contribution < -0.4 is 10.6 Å². The molecule has 15 heavy (non-hydrogen) atoms. The molecule has 0 unspecified atom stereocenters. The lowest BCUT2D eigenvalue weighted by Crippen LogP contribution is -2.10. The maximum absolute atomic E-state index is 4.95. The number of rotatable bonds is 6. The SMILES string of the molecule is CNc1cc(NCCOC)nc(SC)n1. The first-order valence-corrected chi connectivity index (χ1v) is 5.86. The molecule has 5 nitrogen and oxygen atoms in total. The van der Waals surface area contributed by atoms with Crippen LogP contribution in [0.15, 0.2) is 11.2 Å². The quantitative estimate of drug-likeness (QED) is 0.435. The van der Waals surface area contributed by atoms with Gasteiger partial charge >= 0.3 is 0 Å². The second-order valence-electron chi connectivity index (χ2n) is 2.79. The maximum atomic E-state index is 4.95. The summed E-state index contributed by atoms with van der Waals surface area (Å²) in [6, 6.07) is 1.87. The summed E-state index contributed by atoms with van der Waals surface area (Å²) in [5.41, 5.74) is 0. The summed E-state index contributed by atoms with van der Waals surface area (Å²) in [4.78, 5) is 8.58. The Morgan fingerprint density at radius 2 is 2.13 bits per heavy atom. The van der Waals surface area contributed by atoms with Crippen LogP contribution in [-0.4, -0.2) is 43.5 Å². The number of hydrogen-bond donors (Lipinski definition) is 2. The largest absolute Gasteiger partial charge is 0.383 e. The van der Waals surface area contributed by atoms with Crippen molar-refractivity contribution in [2.75, 3.05) is 44.2 Å². The van der Waals surface area contributed by atoms with E-state index >= 15 is 0 Å². The van der Waals surface area contributed by atoms with Crippen LogP contribution in [0.25, 0.3) is 0 Å². The Kier molecular flexibility index (Phi) is 5.20. The molecule has 2 N–H and O–H groups in total. The molecular formula is C9H16N4OS. The molecule has 0 aliphatic heterocycles. The molecule has 0 amide bonds. The van der Waals surface area contributed by atoms with E-state index in [-0.39, 0.29) is 0 Å². The summed E-state index contributed by atoms with van der Waals surface area (Å²) in [5.74, 6) is 1.63. The lowest BCUT2D eigenvalue weighted by molar-refractivity contribution is 0.210. The van der Waals surface area contributed by atoms with Gasteiger partial charge in [-0.25, -0.2) is 9.97 Å². The van der Waals surface area contributed by atoms with E-state index in [0.29, 0.717) is 6.61 Å². The van der Waals surface area contributed by atoms with Gasteiger partial charge in [0.1, 0.15) is 11.6 Å². The number of methoxy groups -OCH3 is 1. The zero-order chi connectivity index (χ0) is 11.1. The van der Waals surface area contributed by atoms with E-state index in [0.717, 1.165) is 23.3 Å². The molecule has 6 heteroatoms. The number of hydrogen-bond acceptors (Lipinski definition) is 6. The van der Waals surface area contributed by atoms with E-state index in [4.69, 9.17) is 4.74 Å². The molecule has 0 aromatic carbocycles. The number of aromatic nitrogens is 2. The van der Waals surface area contributed by atoms with Crippen molar-refractivity contribution in [3.63, 3.8) is 0 Å².